The summed E-state index contributed by atoms with van der Waals surface area (Å²) in [4.78, 5) is 19.9. The lowest BCUT2D eigenvalue weighted by atomic mass is 10.2. The molecule has 2 aromatic heterocycles. The van der Waals surface area contributed by atoms with Gasteiger partial charge in [-0.25, -0.2) is 14.3 Å². The molecule has 0 aliphatic heterocycles. The highest BCUT2D eigenvalue weighted by Gasteiger charge is 2.24. The minimum Gasteiger partial charge on any atom is -0.465 e. The minimum atomic E-state index is -4.11. The number of carbonyl (C=O) groups is 1. The molecule has 0 fully saturated rings. The van der Waals surface area contributed by atoms with Crippen LogP contribution in [0.3, 0.4) is 0 Å². The molecule has 0 spiro atoms. The molecule has 0 saturated carbocycles. The van der Waals surface area contributed by atoms with Gasteiger partial charge in [-0.3, -0.25) is 4.72 Å². The van der Waals surface area contributed by atoms with Crippen LogP contribution in [0.4, 0.5) is 5.69 Å². The Morgan fingerprint density at radius 2 is 1.92 bits per heavy atom. The Morgan fingerprint density at radius 1 is 1.20 bits per heavy atom. The third kappa shape index (κ3) is 3.15. The molecule has 9 nitrogen and oxygen atoms in total. The van der Waals surface area contributed by atoms with Crippen molar-refractivity contribution in [2.75, 3.05) is 11.8 Å². The monoisotopic (exact) mass is 361 g/mol. The summed E-state index contributed by atoms with van der Waals surface area (Å²) in [6, 6.07) is 7.86. The molecule has 0 bridgehead atoms. The van der Waals surface area contributed by atoms with E-state index in [1.165, 1.54) is 23.8 Å². The number of nitrogens with zero attached hydrogens (tertiary/aromatic N) is 4. The Labute approximate surface area is 143 Å². The fourth-order valence-electron chi connectivity index (χ4n) is 2.31. The van der Waals surface area contributed by atoms with Crippen LogP contribution in [0.1, 0.15) is 21.7 Å². The Morgan fingerprint density at radius 3 is 2.64 bits per heavy atom. The summed E-state index contributed by atoms with van der Waals surface area (Å²) in [6.07, 6.45) is 0. The van der Waals surface area contributed by atoms with Gasteiger partial charge in [-0.05, 0) is 32.0 Å². The lowest BCUT2D eigenvalue weighted by molar-refractivity contribution is 0.0602. The van der Waals surface area contributed by atoms with E-state index >= 15 is 0 Å². The van der Waals surface area contributed by atoms with Gasteiger partial charge in [-0.1, -0.05) is 12.1 Å². The average molecular weight is 361 g/mol. The number of ether oxygens (including phenoxy) is 1. The fourth-order valence-corrected chi connectivity index (χ4v) is 3.26. The van der Waals surface area contributed by atoms with Crippen LogP contribution in [0.5, 0.6) is 0 Å². The van der Waals surface area contributed by atoms with Gasteiger partial charge in [0.15, 0.2) is 0 Å². The largest absolute Gasteiger partial charge is 0.465 e. The lowest BCUT2D eigenvalue weighted by Gasteiger charge is -2.09. The molecule has 130 valence electrons. The van der Waals surface area contributed by atoms with Gasteiger partial charge in [-0.2, -0.15) is 13.4 Å². The number of benzene rings is 1. The zero-order chi connectivity index (χ0) is 18.2. The van der Waals surface area contributed by atoms with Crippen molar-refractivity contribution < 1.29 is 17.9 Å². The van der Waals surface area contributed by atoms with Gasteiger partial charge < -0.3 is 4.74 Å². The Kier molecular flexibility index (Phi) is 4.13. The maximum Gasteiger partial charge on any atom is 0.339 e. The smallest absolute Gasteiger partial charge is 0.339 e. The molecule has 3 aromatic rings. The molecule has 0 saturated heterocycles. The average Bonchev–Trinajstić information content (AvgIpc) is 2.99. The summed E-state index contributed by atoms with van der Waals surface area (Å²) in [5.74, 6) is -0.478. The van der Waals surface area contributed by atoms with Crippen molar-refractivity contribution in [2.24, 2.45) is 0 Å². The number of anilines is 1. The molecular weight excluding hydrogens is 346 g/mol. The second-order valence-corrected chi connectivity index (χ2v) is 6.86. The third-order valence-corrected chi connectivity index (χ3v) is 4.56. The van der Waals surface area contributed by atoms with Crippen LogP contribution in [-0.2, 0) is 14.8 Å². The summed E-state index contributed by atoms with van der Waals surface area (Å²) in [7, 11) is -2.89. The highest BCUT2D eigenvalue weighted by molar-refractivity contribution is 7.92. The number of rotatable bonds is 4. The minimum absolute atomic E-state index is 0.0778. The SMILES string of the molecule is COC(=O)c1ccccc1NS(=O)(=O)c1nc2nc(C)cc(C)n2n1. The van der Waals surface area contributed by atoms with E-state index in [0.717, 1.165) is 0 Å². The maximum atomic E-state index is 12.6. The van der Waals surface area contributed by atoms with E-state index < -0.39 is 21.1 Å². The Balaban J connectivity index is 2.04. The predicted octanol–water partition coefficient (Wildman–Crippen LogP) is 1.33. The van der Waals surface area contributed by atoms with Crippen LogP contribution in [0, 0.1) is 13.8 Å². The Hall–Kier alpha value is -3.01. The van der Waals surface area contributed by atoms with E-state index in [9.17, 15) is 13.2 Å². The van der Waals surface area contributed by atoms with Crippen LogP contribution in [0.25, 0.3) is 5.78 Å². The molecule has 10 heteroatoms. The van der Waals surface area contributed by atoms with Gasteiger partial charge >= 0.3 is 5.97 Å². The van der Waals surface area contributed by atoms with Crippen molar-refractivity contribution in [3.8, 4) is 0 Å². The number of aromatic nitrogens is 4. The zero-order valence-corrected chi connectivity index (χ0v) is 14.5. The Bertz CT molecular complexity index is 1070. The van der Waals surface area contributed by atoms with Crippen molar-refractivity contribution in [3.63, 3.8) is 0 Å². The number of hydrogen-bond donors (Lipinski definition) is 1. The maximum absolute atomic E-state index is 12.6. The number of esters is 1. The first-order valence-electron chi connectivity index (χ1n) is 7.23. The number of aryl methyl sites for hydroxylation is 2. The summed E-state index contributed by atoms with van der Waals surface area (Å²) >= 11 is 0. The molecule has 1 N–H and O–H groups in total. The van der Waals surface area contributed by atoms with Gasteiger partial charge in [0.05, 0.1) is 18.4 Å². The number of nitrogens with one attached hydrogen (secondary N) is 1. The van der Waals surface area contributed by atoms with E-state index in [-0.39, 0.29) is 17.0 Å². The van der Waals surface area contributed by atoms with Crippen LogP contribution >= 0.6 is 0 Å². The van der Waals surface area contributed by atoms with E-state index in [1.807, 2.05) is 0 Å². The van der Waals surface area contributed by atoms with E-state index in [4.69, 9.17) is 0 Å². The topological polar surface area (TPSA) is 116 Å². The molecule has 0 radical (unpaired) electrons. The quantitative estimate of drug-likeness (QED) is 0.697. The van der Waals surface area contributed by atoms with Gasteiger partial charge in [0.25, 0.3) is 21.0 Å². The number of methoxy groups -OCH3 is 1. The molecule has 0 amide bonds. The standard InChI is InChI=1S/C15H15N5O4S/c1-9-8-10(2)20-14(16-9)17-15(18-20)25(22,23)19-12-7-5-4-6-11(12)13(21)24-3/h4-8,19H,1-3H3. The number of sulfonamides is 1. The van der Waals surface area contributed by atoms with Crippen LogP contribution in [-0.4, -0.2) is 41.1 Å². The van der Waals surface area contributed by atoms with Crippen molar-refractivity contribution >= 4 is 27.5 Å². The fraction of sp³-hybridized carbons (Fsp3) is 0.200. The van der Waals surface area contributed by atoms with Crippen LogP contribution < -0.4 is 4.72 Å². The molecule has 0 unspecified atom stereocenters. The number of fused-ring (bicyclic) bond motifs is 1. The van der Waals surface area contributed by atoms with E-state index in [1.54, 1.807) is 32.0 Å². The highest BCUT2D eigenvalue weighted by Crippen LogP contribution is 2.20. The highest BCUT2D eigenvalue weighted by atomic mass is 32.2. The van der Waals surface area contributed by atoms with Gasteiger partial charge in [0.1, 0.15) is 0 Å². The first kappa shape index (κ1) is 16.8. The number of carbonyl (C=O) groups excluding carboxylic acids is 1. The van der Waals surface area contributed by atoms with E-state index in [2.05, 4.69) is 24.5 Å². The van der Waals surface area contributed by atoms with Crippen LogP contribution in [0.2, 0.25) is 0 Å². The third-order valence-electron chi connectivity index (χ3n) is 3.42. The zero-order valence-electron chi connectivity index (χ0n) is 13.7. The van der Waals surface area contributed by atoms with Crippen molar-refractivity contribution in [2.45, 2.75) is 19.0 Å². The first-order valence-corrected chi connectivity index (χ1v) is 8.71. The summed E-state index contributed by atoms with van der Waals surface area (Å²) in [5.41, 5.74) is 1.56. The van der Waals surface area contributed by atoms with Gasteiger partial charge in [0.2, 0.25) is 0 Å². The second kappa shape index (κ2) is 6.13. The first-order chi connectivity index (χ1) is 11.8. The predicted molar refractivity (Wildman–Crippen MR) is 88.8 cm³/mol. The lowest BCUT2D eigenvalue weighted by Crippen LogP contribution is -2.17. The molecular formula is C15H15N5O4S. The number of hydrogen-bond acceptors (Lipinski definition) is 7. The van der Waals surface area contributed by atoms with Crippen LogP contribution in [0.15, 0.2) is 35.5 Å². The molecule has 0 aliphatic rings. The molecule has 2 heterocycles. The van der Waals surface area contributed by atoms with E-state index in [0.29, 0.717) is 11.4 Å². The molecule has 0 aliphatic carbocycles. The van der Waals surface area contributed by atoms with Gasteiger partial charge in [0, 0.05) is 11.4 Å². The number of para-hydroxylation sites is 1. The van der Waals surface area contributed by atoms with Crippen molar-refractivity contribution in [1.29, 1.82) is 0 Å². The van der Waals surface area contributed by atoms with Gasteiger partial charge in [-0.15, -0.1) is 5.10 Å². The molecule has 1 aromatic carbocycles. The second-order valence-electron chi connectivity index (χ2n) is 5.29. The summed E-state index contributed by atoms with van der Waals surface area (Å²) < 4.78 is 33.5. The summed E-state index contributed by atoms with van der Waals surface area (Å²) in [5, 5.41) is 3.56. The van der Waals surface area contributed by atoms with Crippen molar-refractivity contribution in [1.82, 2.24) is 19.6 Å². The molecule has 3 rings (SSSR count). The summed E-state index contributed by atoms with van der Waals surface area (Å²) in [6.45, 7) is 3.55. The molecule has 0 atom stereocenters. The molecule has 25 heavy (non-hydrogen) atoms. The normalized spacial score (nSPS) is 11.5. The van der Waals surface area contributed by atoms with Crippen molar-refractivity contribution in [3.05, 3.63) is 47.3 Å².